The second-order valence-electron chi connectivity index (χ2n) is 3.51. The Kier molecular flexibility index (Phi) is 4.16. The number of aryl methyl sites for hydroxylation is 1. The first-order chi connectivity index (χ1) is 7.15. The van der Waals surface area contributed by atoms with Crippen LogP contribution in [0.2, 0.25) is 0 Å². The molecule has 0 aliphatic carbocycles. The minimum Gasteiger partial charge on any atom is -0.461 e. The van der Waals surface area contributed by atoms with Crippen LogP contribution in [0.15, 0.2) is 30.5 Å². The summed E-state index contributed by atoms with van der Waals surface area (Å²) in [5.74, 6) is -0.260. The van der Waals surface area contributed by atoms with Crippen LogP contribution in [-0.2, 0) is 11.3 Å². The summed E-state index contributed by atoms with van der Waals surface area (Å²) < 4.78 is 6.85. The predicted molar refractivity (Wildman–Crippen MR) is 59.8 cm³/mol. The summed E-state index contributed by atoms with van der Waals surface area (Å²) >= 11 is 0. The van der Waals surface area contributed by atoms with E-state index in [1.807, 2.05) is 23.8 Å². The third-order valence-electron chi connectivity index (χ3n) is 2.09. The molecule has 0 spiro atoms. The molecule has 0 N–H and O–H groups in total. The highest BCUT2D eigenvalue weighted by molar-refractivity contribution is 5.87. The molecule has 0 fully saturated rings. The lowest BCUT2D eigenvalue weighted by Crippen LogP contribution is -2.11. The van der Waals surface area contributed by atoms with Gasteiger partial charge in [-0.2, -0.15) is 0 Å². The molecule has 1 aromatic heterocycles. The highest BCUT2D eigenvalue weighted by Gasteiger charge is 2.10. The van der Waals surface area contributed by atoms with Gasteiger partial charge in [0.25, 0.3) is 0 Å². The summed E-state index contributed by atoms with van der Waals surface area (Å²) in [5.41, 5.74) is 1.72. The number of hydrogen-bond acceptors (Lipinski definition) is 2. The van der Waals surface area contributed by atoms with Crippen LogP contribution in [0.1, 0.15) is 30.8 Å². The average molecular weight is 207 g/mol. The molecule has 15 heavy (non-hydrogen) atoms. The van der Waals surface area contributed by atoms with Gasteiger partial charge in [0.1, 0.15) is 5.69 Å². The normalized spacial score (nSPS) is 10.0. The van der Waals surface area contributed by atoms with Crippen LogP contribution in [0.25, 0.3) is 0 Å². The molecule has 0 atom stereocenters. The van der Waals surface area contributed by atoms with Gasteiger partial charge in [-0.25, -0.2) is 4.79 Å². The van der Waals surface area contributed by atoms with E-state index in [4.69, 9.17) is 4.74 Å². The predicted octanol–water partition coefficient (Wildman–Crippen LogP) is 2.63. The van der Waals surface area contributed by atoms with Gasteiger partial charge in [0, 0.05) is 12.7 Å². The second kappa shape index (κ2) is 5.39. The van der Waals surface area contributed by atoms with Crippen molar-refractivity contribution in [1.82, 2.24) is 4.57 Å². The lowest BCUT2D eigenvalue weighted by molar-refractivity contribution is 0.0514. The van der Waals surface area contributed by atoms with Crippen LogP contribution >= 0.6 is 0 Å². The molecule has 3 heteroatoms. The molecule has 0 radical (unpaired) electrons. The molecule has 0 amide bonds. The van der Waals surface area contributed by atoms with E-state index in [-0.39, 0.29) is 5.97 Å². The van der Waals surface area contributed by atoms with Crippen molar-refractivity contribution in [2.75, 3.05) is 6.61 Å². The van der Waals surface area contributed by atoms with Crippen molar-refractivity contribution in [3.63, 3.8) is 0 Å². The zero-order valence-electron chi connectivity index (χ0n) is 9.32. The second-order valence-corrected chi connectivity index (χ2v) is 3.51. The van der Waals surface area contributed by atoms with Gasteiger partial charge in [-0.15, -0.1) is 6.58 Å². The SMILES string of the molecule is C=C(C)CCn1cccc1C(=O)OCC. The molecule has 0 aliphatic heterocycles. The Balaban J connectivity index is 2.68. The third-order valence-corrected chi connectivity index (χ3v) is 2.09. The summed E-state index contributed by atoms with van der Waals surface area (Å²) in [6.07, 6.45) is 2.76. The lowest BCUT2D eigenvalue weighted by Gasteiger charge is -2.08. The zero-order valence-corrected chi connectivity index (χ0v) is 9.32. The number of hydrogen-bond donors (Lipinski definition) is 0. The van der Waals surface area contributed by atoms with Gasteiger partial charge in [0.15, 0.2) is 0 Å². The van der Waals surface area contributed by atoms with Crippen molar-refractivity contribution < 1.29 is 9.53 Å². The van der Waals surface area contributed by atoms with Crippen molar-refractivity contribution in [1.29, 1.82) is 0 Å². The molecule has 82 valence electrons. The number of rotatable bonds is 5. The van der Waals surface area contributed by atoms with E-state index >= 15 is 0 Å². The quantitative estimate of drug-likeness (QED) is 0.549. The van der Waals surface area contributed by atoms with Gasteiger partial charge in [-0.1, -0.05) is 5.57 Å². The summed E-state index contributed by atoms with van der Waals surface area (Å²) in [6.45, 7) is 8.80. The molecule has 0 unspecified atom stereocenters. The molecule has 1 aromatic rings. The number of nitrogens with zero attached hydrogens (tertiary/aromatic N) is 1. The first-order valence-electron chi connectivity index (χ1n) is 5.11. The Hall–Kier alpha value is -1.51. The maximum atomic E-state index is 11.5. The summed E-state index contributed by atoms with van der Waals surface area (Å²) in [6, 6.07) is 3.63. The molecule has 0 aromatic carbocycles. The molecular formula is C12H17NO2. The van der Waals surface area contributed by atoms with Crippen LogP contribution in [0.5, 0.6) is 0 Å². The molecule has 0 bridgehead atoms. The Bertz CT molecular complexity index is 352. The Labute approximate surface area is 90.4 Å². The maximum Gasteiger partial charge on any atom is 0.354 e. The van der Waals surface area contributed by atoms with E-state index in [1.165, 1.54) is 0 Å². The number of ether oxygens (including phenoxy) is 1. The zero-order chi connectivity index (χ0) is 11.3. The fourth-order valence-electron chi connectivity index (χ4n) is 1.31. The standard InChI is InChI=1S/C12H17NO2/c1-4-15-12(14)11-6-5-8-13(11)9-7-10(2)3/h5-6,8H,2,4,7,9H2,1,3H3. The average Bonchev–Trinajstić information content (AvgIpc) is 2.62. The van der Waals surface area contributed by atoms with E-state index in [2.05, 4.69) is 6.58 Å². The van der Waals surface area contributed by atoms with Crippen molar-refractivity contribution >= 4 is 5.97 Å². The number of allylic oxidation sites excluding steroid dienone is 1. The highest BCUT2D eigenvalue weighted by atomic mass is 16.5. The van der Waals surface area contributed by atoms with Gasteiger partial charge in [-0.3, -0.25) is 0 Å². The van der Waals surface area contributed by atoms with Gasteiger partial charge < -0.3 is 9.30 Å². The van der Waals surface area contributed by atoms with E-state index in [0.29, 0.717) is 12.3 Å². The molecule has 1 heterocycles. The fraction of sp³-hybridized carbons (Fsp3) is 0.417. The Morgan fingerprint density at radius 3 is 2.93 bits per heavy atom. The minimum absolute atomic E-state index is 0.260. The van der Waals surface area contributed by atoms with Gasteiger partial charge in [0.05, 0.1) is 6.61 Å². The van der Waals surface area contributed by atoms with E-state index < -0.39 is 0 Å². The molecule has 3 nitrogen and oxygen atoms in total. The van der Waals surface area contributed by atoms with Gasteiger partial charge in [-0.05, 0) is 32.4 Å². The van der Waals surface area contributed by atoms with Crippen LogP contribution in [0, 0.1) is 0 Å². The van der Waals surface area contributed by atoms with Gasteiger partial charge in [0.2, 0.25) is 0 Å². The van der Waals surface area contributed by atoms with Crippen molar-refractivity contribution in [2.24, 2.45) is 0 Å². The van der Waals surface area contributed by atoms with Crippen LogP contribution in [0.3, 0.4) is 0 Å². The minimum atomic E-state index is -0.260. The molecule has 0 aliphatic rings. The van der Waals surface area contributed by atoms with Crippen molar-refractivity contribution in [3.05, 3.63) is 36.2 Å². The Morgan fingerprint density at radius 2 is 2.33 bits per heavy atom. The number of esters is 1. The lowest BCUT2D eigenvalue weighted by atomic mass is 10.2. The van der Waals surface area contributed by atoms with Crippen LogP contribution in [-0.4, -0.2) is 17.1 Å². The first kappa shape index (κ1) is 11.6. The monoisotopic (exact) mass is 207 g/mol. The fourth-order valence-corrected chi connectivity index (χ4v) is 1.31. The van der Waals surface area contributed by atoms with Crippen LogP contribution in [0.4, 0.5) is 0 Å². The molecular weight excluding hydrogens is 190 g/mol. The third kappa shape index (κ3) is 3.27. The van der Waals surface area contributed by atoms with Crippen molar-refractivity contribution in [3.8, 4) is 0 Å². The summed E-state index contributed by atoms with van der Waals surface area (Å²) in [4.78, 5) is 11.5. The highest BCUT2D eigenvalue weighted by Crippen LogP contribution is 2.07. The number of aromatic nitrogens is 1. The molecule has 0 saturated heterocycles. The maximum absolute atomic E-state index is 11.5. The van der Waals surface area contributed by atoms with Crippen LogP contribution < -0.4 is 0 Å². The molecule has 0 saturated carbocycles. The summed E-state index contributed by atoms with van der Waals surface area (Å²) in [5, 5.41) is 0. The van der Waals surface area contributed by atoms with Gasteiger partial charge >= 0.3 is 5.97 Å². The Morgan fingerprint density at radius 1 is 1.60 bits per heavy atom. The van der Waals surface area contributed by atoms with E-state index in [9.17, 15) is 4.79 Å². The summed E-state index contributed by atoms with van der Waals surface area (Å²) in [7, 11) is 0. The first-order valence-corrected chi connectivity index (χ1v) is 5.11. The van der Waals surface area contributed by atoms with E-state index in [1.54, 1.807) is 13.0 Å². The number of carbonyl (C=O) groups excluding carboxylic acids is 1. The largest absolute Gasteiger partial charge is 0.461 e. The number of carbonyl (C=O) groups is 1. The van der Waals surface area contributed by atoms with Crippen molar-refractivity contribution in [2.45, 2.75) is 26.8 Å². The smallest absolute Gasteiger partial charge is 0.354 e. The molecule has 1 rings (SSSR count). The topological polar surface area (TPSA) is 31.2 Å². The van der Waals surface area contributed by atoms with E-state index in [0.717, 1.165) is 18.5 Å².